The van der Waals surface area contributed by atoms with Crippen molar-refractivity contribution in [2.45, 2.75) is 39.3 Å². The van der Waals surface area contributed by atoms with Crippen molar-refractivity contribution in [3.63, 3.8) is 0 Å². The Labute approximate surface area is 175 Å². The molecule has 2 heterocycles. The number of nitrogens with zero attached hydrogens (tertiary/aromatic N) is 3. The molecule has 1 aliphatic heterocycles. The van der Waals surface area contributed by atoms with Crippen molar-refractivity contribution in [2.24, 2.45) is 0 Å². The van der Waals surface area contributed by atoms with Gasteiger partial charge >= 0.3 is 5.97 Å². The van der Waals surface area contributed by atoms with Crippen LogP contribution in [0.2, 0.25) is 0 Å². The van der Waals surface area contributed by atoms with Crippen molar-refractivity contribution >= 4 is 11.9 Å². The number of benzene rings is 2. The molecule has 0 atom stereocenters. The van der Waals surface area contributed by atoms with Crippen molar-refractivity contribution in [2.75, 3.05) is 6.54 Å². The lowest BCUT2D eigenvalue weighted by molar-refractivity contribution is -0.137. The summed E-state index contributed by atoms with van der Waals surface area (Å²) >= 11 is 0. The third-order valence-electron chi connectivity index (χ3n) is 5.49. The summed E-state index contributed by atoms with van der Waals surface area (Å²) in [5, 5.41) is 13.3. The molecule has 1 aromatic heterocycles. The predicted octanol–water partition coefficient (Wildman–Crippen LogP) is 3.46. The average molecular weight is 403 g/mol. The van der Waals surface area contributed by atoms with Crippen LogP contribution in [-0.2, 0) is 35.5 Å². The monoisotopic (exact) mass is 403 g/mol. The van der Waals surface area contributed by atoms with Crippen LogP contribution in [0, 0.1) is 6.92 Å². The third kappa shape index (κ3) is 4.59. The lowest BCUT2D eigenvalue weighted by Crippen LogP contribution is -2.39. The topological polar surface area (TPSA) is 75.4 Å². The number of carbonyl (C=O) groups excluding carboxylic acids is 1. The van der Waals surface area contributed by atoms with Crippen LogP contribution in [0.5, 0.6) is 0 Å². The number of aromatic nitrogens is 2. The summed E-state index contributed by atoms with van der Waals surface area (Å²) in [7, 11) is 0. The minimum absolute atomic E-state index is 0.0671. The van der Waals surface area contributed by atoms with E-state index in [9.17, 15) is 9.59 Å². The summed E-state index contributed by atoms with van der Waals surface area (Å²) < 4.78 is 1.89. The predicted molar refractivity (Wildman–Crippen MR) is 114 cm³/mol. The van der Waals surface area contributed by atoms with Gasteiger partial charge in [0.2, 0.25) is 5.91 Å². The first kappa shape index (κ1) is 19.9. The Morgan fingerprint density at radius 3 is 2.33 bits per heavy atom. The number of fused-ring (bicyclic) bond motifs is 1. The molecule has 0 saturated heterocycles. The molecule has 30 heavy (non-hydrogen) atoms. The maximum atomic E-state index is 12.8. The van der Waals surface area contributed by atoms with Gasteiger partial charge in [-0.1, -0.05) is 54.1 Å². The minimum atomic E-state index is -0.828. The zero-order chi connectivity index (χ0) is 21.1. The van der Waals surface area contributed by atoms with Crippen molar-refractivity contribution in [1.82, 2.24) is 14.7 Å². The molecule has 0 spiro atoms. The normalized spacial score (nSPS) is 13.2. The van der Waals surface area contributed by atoms with Crippen molar-refractivity contribution in [3.8, 4) is 11.1 Å². The highest BCUT2D eigenvalue weighted by Crippen LogP contribution is 2.21. The third-order valence-corrected chi connectivity index (χ3v) is 5.49. The van der Waals surface area contributed by atoms with E-state index in [0.29, 0.717) is 32.5 Å². The van der Waals surface area contributed by atoms with Crippen LogP contribution in [0.1, 0.15) is 28.9 Å². The number of aliphatic carboxylic acids is 1. The number of carboxylic acids is 1. The highest BCUT2D eigenvalue weighted by molar-refractivity contribution is 5.79. The Bertz CT molecular complexity index is 1050. The highest BCUT2D eigenvalue weighted by atomic mass is 16.4. The summed E-state index contributed by atoms with van der Waals surface area (Å²) in [4.78, 5) is 25.4. The van der Waals surface area contributed by atoms with Gasteiger partial charge in [0.25, 0.3) is 0 Å². The second-order valence-corrected chi connectivity index (χ2v) is 7.80. The van der Waals surface area contributed by atoms with Gasteiger partial charge in [-0.15, -0.1) is 0 Å². The SMILES string of the molecule is Cc1ccc(-c2ccc(CC(=O)N3CCn4nc(CCC(=O)O)cc4C3)cc2)cc1. The first-order chi connectivity index (χ1) is 14.5. The summed E-state index contributed by atoms with van der Waals surface area (Å²) in [5.74, 6) is -0.733. The Morgan fingerprint density at radius 1 is 1.00 bits per heavy atom. The molecule has 0 aliphatic carbocycles. The van der Waals surface area contributed by atoms with Crippen LogP contribution in [0.4, 0.5) is 0 Å². The van der Waals surface area contributed by atoms with Crippen molar-refractivity contribution < 1.29 is 14.7 Å². The molecule has 0 radical (unpaired) electrons. The molecule has 6 nitrogen and oxygen atoms in total. The first-order valence-corrected chi connectivity index (χ1v) is 10.2. The van der Waals surface area contributed by atoms with Gasteiger partial charge in [-0.2, -0.15) is 5.10 Å². The van der Waals surface area contributed by atoms with E-state index < -0.39 is 5.97 Å². The fourth-order valence-electron chi connectivity index (χ4n) is 3.74. The van der Waals surface area contributed by atoms with Gasteiger partial charge in [0.1, 0.15) is 0 Å². The van der Waals surface area contributed by atoms with E-state index in [-0.39, 0.29) is 12.3 Å². The van der Waals surface area contributed by atoms with Crippen LogP contribution >= 0.6 is 0 Å². The van der Waals surface area contributed by atoms with Gasteiger partial charge in [0, 0.05) is 13.0 Å². The van der Waals surface area contributed by atoms with Crippen LogP contribution in [-0.4, -0.2) is 38.2 Å². The zero-order valence-electron chi connectivity index (χ0n) is 17.0. The molecule has 4 rings (SSSR count). The maximum absolute atomic E-state index is 12.8. The Kier molecular flexibility index (Phi) is 5.65. The second kappa shape index (κ2) is 8.53. The first-order valence-electron chi connectivity index (χ1n) is 10.2. The second-order valence-electron chi connectivity index (χ2n) is 7.80. The summed E-state index contributed by atoms with van der Waals surface area (Å²) in [6.07, 6.45) is 0.850. The Morgan fingerprint density at radius 2 is 1.67 bits per heavy atom. The molecule has 2 aromatic carbocycles. The lowest BCUT2D eigenvalue weighted by atomic mass is 10.0. The van der Waals surface area contributed by atoms with Gasteiger partial charge in [0.05, 0.1) is 37.3 Å². The summed E-state index contributed by atoms with van der Waals surface area (Å²) in [5.41, 5.74) is 6.27. The number of carboxylic acid groups (broad SMARTS) is 1. The highest BCUT2D eigenvalue weighted by Gasteiger charge is 2.22. The van der Waals surface area contributed by atoms with E-state index in [1.165, 1.54) is 11.1 Å². The molecule has 6 heteroatoms. The molecule has 1 N–H and O–H groups in total. The zero-order valence-corrected chi connectivity index (χ0v) is 17.0. The molecule has 154 valence electrons. The molecule has 1 aliphatic rings. The maximum Gasteiger partial charge on any atom is 0.303 e. The number of amides is 1. The average Bonchev–Trinajstić information content (AvgIpc) is 3.15. The fourth-order valence-corrected chi connectivity index (χ4v) is 3.74. The summed E-state index contributed by atoms with van der Waals surface area (Å²) in [6.45, 7) is 3.84. The quantitative estimate of drug-likeness (QED) is 0.684. The standard InChI is InChI=1S/C24H25N3O3/c1-17-2-6-19(7-3-17)20-8-4-18(5-9-20)14-23(28)26-12-13-27-22(16-26)15-21(25-27)10-11-24(29)30/h2-9,15H,10-14,16H2,1H3,(H,29,30). The molecular weight excluding hydrogens is 378 g/mol. The number of aryl methyl sites for hydroxylation is 2. The van der Waals surface area contributed by atoms with Gasteiger partial charge in [-0.05, 0) is 29.7 Å². The van der Waals surface area contributed by atoms with E-state index in [1.54, 1.807) is 0 Å². The molecule has 0 saturated carbocycles. The van der Waals surface area contributed by atoms with Crippen LogP contribution in [0.25, 0.3) is 11.1 Å². The summed E-state index contributed by atoms with van der Waals surface area (Å²) in [6, 6.07) is 18.5. The van der Waals surface area contributed by atoms with Crippen LogP contribution < -0.4 is 0 Å². The smallest absolute Gasteiger partial charge is 0.303 e. The van der Waals surface area contributed by atoms with Gasteiger partial charge < -0.3 is 10.0 Å². The number of rotatable bonds is 6. The molecule has 0 unspecified atom stereocenters. The number of hydrogen-bond donors (Lipinski definition) is 1. The van der Waals surface area contributed by atoms with Crippen LogP contribution in [0.15, 0.2) is 54.6 Å². The van der Waals surface area contributed by atoms with E-state index in [4.69, 9.17) is 5.11 Å². The van der Waals surface area contributed by atoms with E-state index in [0.717, 1.165) is 22.5 Å². The van der Waals surface area contributed by atoms with Crippen molar-refractivity contribution in [1.29, 1.82) is 0 Å². The Balaban J connectivity index is 1.37. The molecule has 0 bridgehead atoms. The van der Waals surface area contributed by atoms with Gasteiger partial charge in [-0.3, -0.25) is 14.3 Å². The van der Waals surface area contributed by atoms with E-state index >= 15 is 0 Å². The number of hydrogen-bond acceptors (Lipinski definition) is 3. The molecular formula is C24H25N3O3. The molecule has 0 fully saturated rings. The Hall–Kier alpha value is -3.41. The largest absolute Gasteiger partial charge is 0.481 e. The number of carbonyl (C=O) groups is 2. The van der Waals surface area contributed by atoms with Crippen LogP contribution in [0.3, 0.4) is 0 Å². The van der Waals surface area contributed by atoms with Crippen molar-refractivity contribution in [3.05, 3.63) is 77.1 Å². The molecule has 3 aromatic rings. The minimum Gasteiger partial charge on any atom is -0.481 e. The van der Waals surface area contributed by atoms with Gasteiger partial charge in [-0.25, -0.2) is 0 Å². The molecule has 1 amide bonds. The van der Waals surface area contributed by atoms with Gasteiger partial charge in [0.15, 0.2) is 0 Å². The van der Waals surface area contributed by atoms with E-state index in [2.05, 4.69) is 48.4 Å². The lowest BCUT2D eigenvalue weighted by Gasteiger charge is -2.27. The fraction of sp³-hybridized carbons (Fsp3) is 0.292. The van der Waals surface area contributed by atoms with E-state index in [1.807, 2.05) is 27.8 Å².